The van der Waals surface area contributed by atoms with Gasteiger partial charge < -0.3 is 9.64 Å². The van der Waals surface area contributed by atoms with Crippen molar-refractivity contribution < 1.29 is 9.53 Å². The van der Waals surface area contributed by atoms with Gasteiger partial charge in [0.15, 0.2) is 0 Å². The van der Waals surface area contributed by atoms with E-state index in [0.717, 1.165) is 22.2 Å². The Bertz CT molecular complexity index is 925. The van der Waals surface area contributed by atoms with Gasteiger partial charge in [-0.1, -0.05) is 11.6 Å². The lowest BCUT2D eigenvalue weighted by atomic mass is 10.0. The zero-order valence-corrected chi connectivity index (χ0v) is 14.2. The summed E-state index contributed by atoms with van der Waals surface area (Å²) >= 11 is 6.16. The van der Waals surface area contributed by atoms with Crippen molar-refractivity contribution in [1.29, 1.82) is 0 Å². The molecule has 5 nitrogen and oxygen atoms in total. The van der Waals surface area contributed by atoms with E-state index in [4.69, 9.17) is 16.3 Å². The van der Waals surface area contributed by atoms with Gasteiger partial charge >= 0.3 is 0 Å². The number of fused-ring (bicyclic) bond motifs is 1. The third-order valence-corrected chi connectivity index (χ3v) is 4.49. The molecule has 0 saturated carbocycles. The molecule has 0 unspecified atom stereocenters. The lowest BCUT2D eigenvalue weighted by molar-refractivity contribution is 0.0304. The first kappa shape index (κ1) is 16.0. The summed E-state index contributed by atoms with van der Waals surface area (Å²) in [6.07, 6.45) is 3.46. The molecule has 1 aromatic carbocycles. The van der Waals surface area contributed by atoms with Crippen molar-refractivity contribution in [3.05, 3.63) is 59.4 Å². The van der Waals surface area contributed by atoms with E-state index in [1.165, 1.54) is 0 Å². The first-order valence-corrected chi connectivity index (χ1v) is 8.48. The van der Waals surface area contributed by atoms with E-state index in [1.54, 1.807) is 24.5 Å². The highest BCUT2D eigenvalue weighted by molar-refractivity contribution is 6.31. The van der Waals surface area contributed by atoms with Crippen molar-refractivity contribution in [2.75, 3.05) is 26.3 Å². The molecule has 1 aliphatic heterocycles. The number of morpholine rings is 1. The Hall–Kier alpha value is -2.50. The number of amides is 1. The Labute approximate surface area is 150 Å². The van der Waals surface area contributed by atoms with E-state index in [-0.39, 0.29) is 5.91 Å². The van der Waals surface area contributed by atoms with Gasteiger partial charge in [-0.05, 0) is 36.4 Å². The fourth-order valence-corrected chi connectivity index (χ4v) is 3.15. The summed E-state index contributed by atoms with van der Waals surface area (Å²) < 4.78 is 5.35. The normalized spacial score (nSPS) is 14.7. The number of benzene rings is 1. The zero-order chi connectivity index (χ0) is 17.2. The van der Waals surface area contributed by atoms with Gasteiger partial charge in [0.05, 0.1) is 30.0 Å². The van der Waals surface area contributed by atoms with Crippen LogP contribution in [0.1, 0.15) is 10.4 Å². The summed E-state index contributed by atoms with van der Waals surface area (Å²) in [5.74, 6) is -0.0249. The highest BCUT2D eigenvalue weighted by Gasteiger charge is 2.22. The van der Waals surface area contributed by atoms with Gasteiger partial charge in [-0.2, -0.15) is 0 Å². The first-order chi connectivity index (χ1) is 12.2. The van der Waals surface area contributed by atoms with Gasteiger partial charge in [0.25, 0.3) is 5.91 Å². The molecule has 6 heteroatoms. The molecule has 0 radical (unpaired) electrons. The summed E-state index contributed by atoms with van der Waals surface area (Å²) in [4.78, 5) is 23.7. The van der Waals surface area contributed by atoms with Crippen LogP contribution in [0.2, 0.25) is 5.02 Å². The molecule has 0 spiro atoms. The van der Waals surface area contributed by atoms with Crippen LogP contribution in [0.5, 0.6) is 0 Å². The summed E-state index contributed by atoms with van der Waals surface area (Å²) in [5, 5.41) is 1.34. The predicted octanol–water partition coefficient (Wildman–Crippen LogP) is 3.42. The van der Waals surface area contributed by atoms with Crippen molar-refractivity contribution in [3.63, 3.8) is 0 Å². The number of aromatic nitrogens is 2. The monoisotopic (exact) mass is 353 g/mol. The van der Waals surface area contributed by atoms with Crippen molar-refractivity contribution in [3.8, 4) is 11.3 Å². The van der Waals surface area contributed by atoms with Crippen molar-refractivity contribution in [1.82, 2.24) is 14.9 Å². The summed E-state index contributed by atoms with van der Waals surface area (Å²) in [5.41, 5.74) is 2.94. The van der Waals surface area contributed by atoms with Crippen LogP contribution in [0.3, 0.4) is 0 Å². The minimum atomic E-state index is -0.0249. The molecule has 126 valence electrons. The highest BCUT2D eigenvalue weighted by Crippen LogP contribution is 2.27. The third-order valence-electron chi connectivity index (χ3n) is 4.26. The first-order valence-electron chi connectivity index (χ1n) is 8.10. The number of rotatable bonds is 2. The van der Waals surface area contributed by atoms with Crippen LogP contribution in [-0.2, 0) is 4.74 Å². The Kier molecular flexibility index (Phi) is 4.34. The second-order valence-electron chi connectivity index (χ2n) is 5.86. The fourth-order valence-electron chi connectivity index (χ4n) is 2.97. The van der Waals surface area contributed by atoms with Gasteiger partial charge in [0.2, 0.25) is 0 Å². The Morgan fingerprint density at radius 3 is 2.76 bits per heavy atom. The average Bonchev–Trinajstić information content (AvgIpc) is 2.68. The molecule has 1 amide bonds. The topological polar surface area (TPSA) is 55.3 Å². The number of ether oxygens (including phenoxy) is 1. The molecule has 3 heterocycles. The van der Waals surface area contributed by atoms with Crippen LogP contribution in [0, 0.1) is 0 Å². The molecule has 0 atom stereocenters. The summed E-state index contributed by atoms with van der Waals surface area (Å²) in [7, 11) is 0. The number of hydrogen-bond acceptors (Lipinski definition) is 4. The van der Waals surface area contributed by atoms with E-state index in [1.807, 2.05) is 29.2 Å². The Morgan fingerprint density at radius 1 is 1.16 bits per heavy atom. The minimum absolute atomic E-state index is 0.0249. The van der Waals surface area contributed by atoms with Crippen LogP contribution >= 0.6 is 11.6 Å². The Balaban J connectivity index is 1.87. The van der Waals surface area contributed by atoms with E-state index in [2.05, 4.69) is 9.97 Å². The van der Waals surface area contributed by atoms with Gasteiger partial charge in [-0.25, -0.2) is 4.98 Å². The number of carbonyl (C=O) groups is 1. The number of pyridine rings is 2. The second kappa shape index (κ2) is 6.78. The van der Waals surface area contributed by atoms with Crippen LogP contribution in [0.15, 0.2) is 48.8 Å². The molecule has 0 N–H and O–H groups in total. The number of halogens is 1. The van der Waals surface area contributed by atoms with Crippen molar-refractivity contribution >= 4 is 28.4 Å². The molecule has 2 aromatic heterocycles. The maximum absolute atomic E-state index is 13.1. The van der Waals surface area contributed by atoms with Crippen LogP contribution in [0.25, 0.3) is 22.2 Å². The molecule has 4 rings (SSSR count). The standard InChI is InChI=1S/C19H16ClN3O2/c20-14-3-4-17-15(10-14)16(19(24)23-6-8-25-9-7-23)11-18(22-17)13-2-1-5-21-12-13/h1-5,10-12H,6-9H2. The molecular formula is C19H16ClN3O2. The van der Waals surface area contributed by atoms with Gasteiger partial charge in [-0.15, -0.1) is 0 Å². The largest absolute Gasteiger partial charge is 0.378 e. The lowest BCUT2D eigenvalue weighted by Gasteiger charge is -2.27. The predicted molar refractivity (Wildman–Crippen MR) is 96.7 cm³/mol. The number of hydrogen-bond donors (Lipinski definition) is 0. The van der Waals surface area contributed by atoms with Crippen LogP contribution in [0.4, 0.5) is 0 Å². The molecule has 1 saturated heterocycles. The van der Waals surface area contributed by atoms with Gasteiger partial charge in [-0.3, -0.25) is 9.78 Å². The van der Waals surface area contributed by atoms with Crippen molar-refractivity contribution in [2.45, 2.75) is 0 Å². The average molecular weight is 354 g/mol. The molecule has 3 aromatic rings. The quantitative estimate of drug-likeness (QED) is 0.708. The molecule has 0 aliphatic carbocycles. The fraction of sp³-hybridized carbons (Fsp3) is 0.211. The zero-order valence-electron chi connectivity index (χ0n) is 13.5. The van der Waals surface area contributed by atoms with Crippen LogP contribution < -0.4 is 0 Å². The van der Waals surface area contributed by atoms with E-state index in [0.29, 0.717) is 36.9 Å². The van der Waals surface area contributed by atoms with Crippen LogP contribution in [-0.4, -0.2) is 47.1 Å². The van der Waals surface area contributed by atoms with Crippen molar-refractivity contribution in [2.24, 2.45) is 0 Å². The van der Waals surface area contributed by atoms with E-state index >= 15 is 0 Å². The maximum atomic E-state index is 13.1. The van der Waals surface area contributed by atoms with Gasteiger partial charge in [0.1, 0.15) is 0 Å². The molecule has 1 aliphatic rings. The van der Waals surface area contributed by atoms with Gasteiger partial charge in [0, 0.05) is 41.5 Å². The summed E-state index contributed by atoms with van der Waals surface area (Å²) in [6, 6.07) is 11.0. The summed E-state index contributed by atoms with van der Waals surface area (Å²) in [6.45, 7) is 2.30. The number of nitrogens with zero attached hydrogens (tertiary/aromatic N) is 3. The number of carbonyl (C=O) groups excluding carboxylic acids is 1. The lowest BCUT2D eigenvalue weighted by Crippen LogP contribution is -2.40. The smallest absolute Gasteiger partial charge is 0.254 e. The SMILES string of the molecule is O=C(c1cc(-c2cccnc2)nc2ccc(Cl)cc12)N1CCOCC1. The maximum Gasteiger partial charge on any atom is 0.254 e. The van der Waals surface area contributed by atoms with E-state index < -0.39 is 0 Å². The van der Waals surface area contributed by atoms with E-state index in [9.17, 15) is 4.79 Å². The Morgan fingerprint density at radius 2 is 2.00 bits per heavy atom. The molecule has 1 fully saturated rings. The molecule has 0 bridgehead atoms. The second-order valence-corrected chi connectivity index (χ2v) is 6.30. The minimum Gasteiger partial charge on any atom is -0.378 e. The highest BCUT2D eigenvalue weighted by atomic mass is 35.5. The molecular weight excluding hydrogens is 338 g/mol. The molecule has 25 heavy (non-hydrogen) atoms. The third kappa shape index (κ3) is 3.21.